The van der Waals surface area contributed by atoms with Crippen molar-refractivity contribution < 1.29 is 9.47 Å². The molecule has 0 spiro atoms. The smallest absolute Gasteiger partial charge is 0.140 e. The molecule has 4 heteroatoms. The second-order valence-electron chi connectivity index (χ2n) is 4.61. The molecule has 0 N–H and O–H groups in total. The molecule has 0 aliphatic carbocycles. The van der Waals surface area contributed by atoms with E-state index in [-0.39, 0.29) is 0 Å². The van der Waals surface area contributed by atoms with E-state index in [1.807, 2.05) is 41.1 Å². The number of hydrogen-bond donors (Lipinski definition) is 0. The van der Waals surface area contributed by atoms with Gasteiger partial charge in [-0.1, -0.05) is 6.07 Å². The number of benzene rings is 1. The molecule has 0 saturated heterocycles. The molecule has 0 bridgehead atoms. The van der Waals surface area contributed by atoms with Gasteiger partial charge in [0.15, 0.2) is 0 Å². The Morgan fingerprint density at radius 2 is 1.95 bits per heavy atom. The molecule has 102 valence electrons. The van der Waals surface area contributed by atoms with E-state index in [4.69, 9.17) is 9.47 Å². The number of imidazole rings is 1. The third-order valence-electron chi connectivity index (χ3n) is 3.36. The van der Waals surface area contributed by atoms with Crippen LogP contribution in [0.4, 0.5) is 0 Å². The van der Waals surface area contributed by atoms with Crippen molar-refractivity contribution in [3.63, 3.8) is 0 Å². The topological polar surface area (TPSA) is 35.8 Å². The molecular formula is C16H16N2O2. The molecule has 0 aliphatic rings. The minimum Gasteiger partial charge on any atom is -0.497 e. The van der Waals surface area contributed by atoms with Crippen LogP contribution in [0, 0.1) is 6.92 Å². The summed E-state index contributed by atoms with van der Waals surface area (Å²) in [4.78, 5) is 4.69. The first-order valence-electron chi connectivity index (χ1n) is 6.39. The summed E-state index contributed by atoms with van der Waals surface area (Å²) in [5, 5.41) is 0. The van der Waals surface area contributed by atoms with Crippen LogP contribution in [-0.2, 0) is 0 Å². The average Bonchev–Trinajstić information content (AvgIpc) is 2.92. The SMILES string of the molecule is COc1ccc(-c2cn3cccc(C)c3n2)c(OC)c1. The molecule has 0 fully saturated rings. The molecule has 0 aliphatic heterocycles. The maximum Gasteiger partial charge on any atom is 0.140 e. The molecule has 20 heavy (non-hydrogen) atoms. The molecule has 0 saturated carbocycles. The summed E-state index contributed by atoms with van der Waals surface area (Å²) in [6, 6.07) is 9.81. The summed E-state index contributed by atoms with van der Waals surface area (Å²) in [6.45, 7) is 2.05. The van der Waals surface area contributed by atoms with Crippen molar-refractivity contribution in [2.24, 2.45) is 0 Å². The van der Waals surface area contributed by atoms with Gasteiger partial charge in [-0.25, -0.2) is 4.98 Å². The van der Waals surface area contributed by atoms with Crippen LogP contribution >= 0.6 is 0 Å². The lowest BCUT2D eigenvalue weighted by molar-refractivity contribution is 0.395. The number of ether oxygens (including phenoxy) is 2. The fourth-order valence-corrected chi connectivity index (χ4v) is 2.29. The van der Waals surface area contributed by atoms with Gasteiger partial charge in [-0.15, -0.1) is 0 Å². The number of fused-ring (bicyclic) bond motifs is 1. The minimum atomic E-state index is 0.755. The Labute approximate surface area is 117 Å². The molecule has 0 atom stereocenters. The molecule has 3 rings (SSSR count). The Hall–Kier alpha value is -2.49. The molecule has 4 nitrogen and oxygen atoms in total. The maximum absolute atomic E-state index is 5.44. The number of aryl methyl sites for hydroxylation is 1. The summed E-state index contributed by atoms with van der Waals surface area (Å²) in [7, 11) is 3.29. The van der Waals surface area contributed by atoms with Crippen LogP contribution in [0.5, 0.6) is 11.5 Å². The number of aromatic nitrogens is 2. The zero-order chi connectivity index (χ0) is 14.1. The first-order valence-corrected chi connectivity index (χ1v) is 6.39. The van der Waals surface area contributed by atoms with Crippen molar-refractivity contribution in [3.05, 3.63) is 48.3 Å². The summed E-state index contributed by atoms with van der Waals surface area (Å²) >= 11 is 0. The number of rotatable bonds is 3. The first-order chi connectivity index (χ1) is 9.72. The largest absolute Gasteiger partial charge is 0.497 e. The monoisotopic (exact) mass is 268 g/mol. The van der Waals surface area contributed by atoms with Crippen LogP contribution in [0.1, 0.15) is 5.56 Å². The predicted molar refractivity (Wildman–Crippen MR) is 78.5 cm³/mol. The Bertz CT molecular complexity index is 762. The second-order valence-corrected chi connectivity index (χ2v) is 4.61. The van der Waals surface area contributed by atoms with Crippen LogP contribution in [0.3, 0.4) is 0 Å². The fraction of sp³-hybridized carbons (Fsp3) is 0.188. The van der Waals surface area contributed by atoms with Crippen molar-refractivity contribution in [3.8, 4) is 22.8 Å². The number of nitrogens with zero attached hydrogens (tertiary/aromatic N) is 2. The lowest BCUT2D eigenvalue weighted by Gasteiger charge is -2.08. The summed E-state index contributed by atoms with van der Waals surface area (Å²) < 4.78 is 12.7. The van der Waals surface area contributed by atoms with Gasteiger partial charge in [0, 0.05) is 24.0 Å². The normalized spacial score (nSPS) is 10.8. The van der Waals surface area contributed by atoms with Crippen LogP contribution in [0.2, 0.25) is 0 Å². The van der Waals surface area contributed by atoms with Gasteiger partial charge >= 0.3 is 0 Å². The van der Waals surface area contributed by atoms with E-state index >= 15 is 0 Å². The molecule has 0 radical (unpaired) electrons. The van der Waals surface area contributed by atoms with E-state index in [2.05, 4.69) is 18.0 Å². The highest BCUT2D eigenvalue weighted by Crippen LogP contribution is 2.33. The number of methoxy groups -OCH3 is 2. The highest BCUT2D eigenvalue weighted by atomic mass is 16.5. The predicted octanol–water partition coefficient (Wildman–Crippen LogP) is 3.33. The van der Waals surface area contributed by atoms with Crippen molar-refractivity contribution in [2.75, 3.05) is 14.2 Å². The lowest BCUT2D eigenvalue weighted by Crippen LogP contribution is -1.90. The van der Waals surface area contributed by atoms with Gasteiger partial charge < -0.3 is 13.9 Å². The molecule has 2 heterocycles. The van der Waals surface area contributed by atoms with Gasteiger partial charge in [0.05, 0.1) is 19.9 Å². The van der Waals surface area contributed by atoms with Crippen LogP contribution in [-0.4, -0.2) is 23.6 Å². The lowest BCUT2D eigenvalue weighted by atomic mass is 10.1. The molecule has 0 amide bonds. The quantitative estimate of drug-likeness (QED) is 0.731. The fourth-order valence-electron chi connectivity index (χ4n) is 2.29. The van der Waals surface area contributed by atoms with E-state index in [1.54, 1.807) is 14.2 Å². The van der Waals surface area contributed by atoms with E-state index < -0.39 is 0 Å². The van der Waals surface area contributed by atoms with Crippen molar-refractivity contribution in [1.29, 1.82) is 0 Å². The highest BCUT2D eigenvalue weighted by Gasteiger charge is 2.11. The van der Waals surface area contributed by atoms with Crippen molar-refractivity contribution >= 4 is 5.65 Å². The zero-order valence-corrected chi connectivity index (χ0v) is 11.8. The second kappa shape index (κ2) is 4.89. The van der Waals surface area contributed by atoms with Crippen molar-refractivity contribution in [2.45, 2.75) is 6.92 Å². The van der Waals surface area contributed by atoms with Crippen molar-refractivity contribution in [1.82, 2.24) is 9.38 Å². The highest BCUT2D eigenvalue weighted by molar-refractivity contribution is 5.71. The summed E-state index contributed by atoms with van der Waals surface area (Å²) in [5.74, 6) is 1.52. The van der Waals surface area contributed by atoms with Gasteiger partial charge in [-0.05, 0) is 30.7 Å². The van der Waals surface area contributed by atoms with Gasteiger partial charge in [-0.3, -0.25) is 0 Å². The van der Waals surface area contributed by atoms with Crippen LogP contribution in [0.15, 0.2) is 42.7 Å². The Morgan fingerprint density at radius 3 is 2.65 bits per heavy atom. The first kappa shape index (κ1) is 12.5. The molecule has 1 aromatic carbocycles. The summed E-state index contributed by atoms with van der Waals surface area (Å²) in [6.07, 6.45) is 4.00. The van der Waals surface area contributed by atoms with E-state index in [0.717, 1.165) is 34.0 Å². The maximum atomic E-state index is 5.44. The molecular weight excluding hydrogens is 252 g/mol. The third kappa shape index (κ3) is 1.99. The molecule has 2 aromatic heterocycles. The van der Waals surface area contributed by atoms with Gasteiger partial charge in [0.2, 0.25) is 0 Å². The Morgan fingerprint density at radius 1 is 1.10 bits per heavy atom. The van der Waals surface area contributed by atoms with Gasteiger partial charge in [-0.2, -0.15) is 0 Å². The minimum absolute atomic E-state index is 0.755. The average molecular weight is 268 g/mol. The Kier molecular flexibility index (Phi) is 3.06. The molecule has 3 aromatic rings. The van der Waals surface area contributed by atoms with E-state index in [9.17, 15) is 0 Å². The van der Waals surface area contributed by atoms with E-state index in [1.165, 1.54) is 0 Å². The van der Waals surface area contributed by atoms with Gasteiger partial charge in [0.1, 0.15) is 17.1 Å². The van der Waals surface area contributed by atoms with Crippen LogP contribution in [0.25, 0.3) is 16.9 Å². The van der Waals surface area contributed by atoms with E-state index in [0.29, 0.717) is 0 Å². The van der Waals surface area contributed by atoms with Crippen LogP contribution < -0.4 is 9.47 Å². The summed E-state index contributed by atoms with van der Waals surface area (Å²) in [5.41, 5.74) is 3.95. The number of hydrogen-bond acceptors (Lipinski definition) is 3. The standard InChI is InChI=1S/C16H16N2O2/c1-11-5-4-8-18-10-14(17-16(11)18)13-7-6-12(19-2)9-15(13)20-3/h4-10H,1-3H3. The Balaban J connectivity index is 2.17. The third-order valence-corrected chi connectivity index (χ3v) is 3.36. The molecule has 0 unspecified atom stereocenters. The van der Waals surface area contributed by atoms with Gasteiger partial charge in [0.25, 0.3) is 0 Å². The number of pyridine rings is 1. The zero-order valence-electron chi connectivity index (χ0n) is 11.8.